The number of anilines is 2. The monoisotopic (exact) mass is 369 g/mol. The smallest absolute Gasteiger partial charge is 0.414 e. The molecule has 1 atom stereocenters. The predicted octanol–water partition coefficient (Wildman–Crippen LogP) is 2.06. The van der Waals surface area contributed by atoms with Crippen molar-refractivity contribution in [3.8, 4) is 0 Å². The summed E-state index contributed by atoms with van der Waals surface area (Å²) in [5, 5.41) is 2.32. The lowest BCUT2D eigenvalue weighted by Crippen LogP contribution is -2.33. The molecular weight excluding hydrogens is 349 g/mol. The molecule has 2 amide bonds. The van der Waals surface area contributed by atoms with Crippen LogP contribution in [-0.4, -0.2) is 63.1 Å². The highest BCUT2D eigenvalue weighted by atomic mass is 32.2. The highest BCUT2D eigenvalue weighted by molar-refractivity contribution is 7.99. The minimum absolute atomic E-state index is 0.0477. The number of cyclic esters (lactones) is 1. The topological polar surface area (TPSA) is 71.1 Å². The van der Waals surface area contributed by atoms with Gasteiger partial charge in [-0.2, -0.15) is 11.8 Å². The van der Waals surface area contributed by atoms with E-state index in [-0.39, 0.29) is 19.0 Å². The fourth-order valence-corrected chi connectivity index (χ4v) is 3.69. The van der Waals surface area contributed by atoms with Gasteiger partial charge in [0.25, 0.3) is 0 Å². The van der Waals surface area contributed by atoms with Gasteiger partial charge in [-0.25, -0.2) is 14.0 Å². The average Bonchev–Trinajstić information content (AvgIpc) is 3.01. The maximum absolute atomic E-state index is 14.5. The summed E-state index contributed by atoms with van der Waals surface area (Å²) < 4.78 is 24.6. The molecule has 0 aliphatic carbocycles. The van der Waals surface area contributed by atoms with Crippen LogP contribution in [-0.2, 0) is 9.47 Å². The van der Waals surface area contributed by atoms with Crippen LogP contribution in [0.4, 0.5) is 25.4 Å². The van der Waals surface area contributed by atoms with Crippen molar-refractivity contribution in [1.29, 1.82) is 0 Å². The highest BCUT2D eigenvalue weighted by Gasteiger charge is 2.33. The van der Waals surface area contributed by atoms with Gasteiger partial charge in [0.2, 0.25) is 0 Å². The number of hydrogen-bond acceptors (Lipinski definition) is 6. The molecule has 2 aliphatic rings. The number of ether oxygens (including phenoxy) is 2. The number of halogens is 1. The van der Waals surface area contributed by atoms with Crippen molar-refractivity contribution in [3.05, 3.63) is 24.0 Å². The summed E-state index contributed by atoms with van der Waals surface area (Å²) in [4.78, 5) is 26.5. The number of rotatable bonds is 4. The average molecular weight is 369 g/mol. The Morgan fingerprint density at radius 2 is 2.20 bits per heavy atom. The Hall–Kier alpha value is -2.16. The molecular formula is C16H20FN3O4S. The second-order valence-electron chi connectivity index (χ2n) is 5.70. The maximum Gasteiger partial charge on any atom is 0.414 e. The van der Waals surface area contributed by atoms with Gasteiger partial charge in [-0.05, 0) is 18.2 Å². The normalized spacial score (nSPS) is 20.4. The van der Waals surface area contributed by atoms with Crippen LogP contribution >= 0.6 is 11.8 Å². The zero-order valence-corrected chi connectivity index (χ0v) is 14.7. The highest BCUT2D eigenvalue weighted by Crippen LogP contribution is 2.29. The van der Waals surface area contributed by atoms with E-state index in [1.54, 1.807) is 12.1 Å². The summed E-state index contributed by atoms with van der Waals surface area (Å²) in [5.74, 6) is 1.60. The largest absolute Gasteiger partial charge is 0.446 e. The van der Waals surface area contributed by atoms with Gasteiger partial charge in [0.15, 0.2) is 6.10 Å². The number of nitrogens with zero attached hydrogens (tertiary/aromatic N) is 2. The summed E-state index contributed by atoms with van der Waals surface area (Å²) in [5.41, 5.74) is 0.983. The molecule has 0 saturated carbocycles. The first-order valence-electron chi connectivity index (χ1n) is 8.03. The number of hydrogen-bond donors (Lipinski definition) is 1. The van der Waals surface area contributed by atoms with Crippen molar-refractivity contribution >= 4 is 35.3 Å². The molecule has 2 saturated heterocycles. The molecule has 2 fully saturated rings. The van der Waals surface area contributed by atoms with Crippen molar-refractivity contribution in [3.63, 3.8) is 0 Å². The zero-order chi connectivity index (χ0) is 17.8. The zero-order valence-electron chi connectivity index (χ0n) is 13.9. The SMILES string of the molecule is CNC(=O)OC[C@H]1CN(c2ccc(N3CCSCC3)c(F)c2)C(=O)O1. The van der Waals surface area contributed by atoms with Crippen LogP contribution in [0.5, 0.6) is 0 Å². The predicted molar refractivity (Wildman–Crippen MR) is 94.0 cm³/mol. The number of carbonyl (C=O) groups excluding carboxylic acids is 2. The second kappa shape index (κ2) is 7.81. The number of alkyl carbamates (subject to hydrolysis) is 1. The first-order chi connectivity index (χ1) is 12.1. The number of benzene rings is 1. The van der Waals surface area contributed by atoms with Crippen molar-refractivity contribution in [2.45, 2.75) is 6.10 Å². The Labute approximate surface area is 149 Å². The van der Waals surface area contributed by atoms with Crippen LogP contribution in [0, 0.1) is 5.82 Å². The summed E-state index contributed by atoms with van der Waals surface area (Å²) in [6.45, 7) is 1.78. The second-order valence-corrected chi connectivity index (χ2v) is 6.92. The first kappa shape index (κ1) is 17.7. The minimum atomic E-state index is -0.593. The van der Waals surface area contributed by atoms with E-state index >= 15 is 0 Å². The van der Waals surface area contributed by atoms with Crippen LogP contribution in [0.2, 0.25) is 0 Å². The van der Waals surface area contributed by atoms with Crippen LogP contribution in [0.15, 0.2) is 18.2 Å². The number of thioether (sulfide) groups is 1. The molecule has 0 bridgehead atoms. The van der Waals surface area contributed by atoms with Crippen LogP contribution in [0.25, 0.3) is 0 Å². The van der Waals surface area contributed by atoms with Crippen LogP contribution < -0.4 is 15.1 Å². The Kier molecular flexibility index (Phi) is 5.52. The molecule has 0 radical (unpaired) electrons. The molecule has 0 aromatic heterocycles. The fourth-order valence-electron chi connectivity index (χ4n) is 2.78. The Bertz CT molecular complexity index is 654. The molecule has 9 heteroatoms. The van der Waals surface area contributed by atoms with Gasteiger partial charge < -0.3 is 19.7 Å². The van der Waals surface area contributed by atoms with Gasteiger partial charge in [0.1, 0.15) is 12.4 Å². The lowest BCUT2D eigenvalue weighted by molar-refractivity contribution is 0.0745. The van der Waals surface area contributed by atoms with E-state index in [4.69, 9.17) is 9.47 Å². The number of carbonyl (C=O) groups is 2. The molecule has 7 nitrogen and oxygen atoms in total. The molecule has 2 heterocycles. The summed E-state index contributed by atoms with van der Waals surface area (Å²) in [6.07, 6.45) is -1.75. The summed E-state index contributed by atoms with van der Waals surface area (Å²) in [7, 11) is 1.45. The number of nitrogens with one attached hydrogen (secondary N) is 1. The van der Waals surface area contributed by atoms with Crippen LogP contribution in [0.3, 0.4) is 0 Å². The minimum Gasteiger partial charge on any atom is -0.446 e. The molecule has 136 valence electrons. The quantitative estimate of drug-likeness (QED) is 0.876. The van der Waals surface area contributed by atoms with Gasteiger partial charge in [-0.15, -0.1) is 0 Å². The van der Waals surface area contributed by atoms with Gasteiger partial charge in [-0.1, -0.05) is 0 Å². The van der Waals surface area contributed by atoms with E-state index in [2.05, 4.69) is 5.32 Å². The van der Waals surface area contributed by atoms with Crippen molar-refractivity contribution in [1.82, 2.24) is 5.32 Å². The molecule has 25 heavy (non-hydrogen) atoms. The fraction of sp³-hybridized carbons (Fsp3) is 0.500. The van der Waals surface area contributed by atoms with Crippen molar-refractivity contribution in [2.75, 3.05) is 54.6 Å². The summed E-state index contributed by atoms with van der Waals surface area (Å²) in [6, 6.07) is 4.76. The standard InChI is InChI=1S/C16H20FN3O4S/c1-18-15(21)23-10-12-9-20(16(22)24-12)11-2-3-14(13(17)8-11)19-4-6-25-7-5-19/h2-3,8,12H,4-7,9-10H2,1H3,(H,18,21)/t12-/m1/s1. The van der Waals surface area contributed by atoms with Crippen molar-refractivity contribution in [2.24, 2.45) is 0 Å². The Morgan fingerprint density at radius 1 is 1.44 bits per heavy atom. The van der Waals surface area contributed by atoms with E-state index in [1.165, 1.54) is 18.0 Å². The van der Waals surface area contributed by atoms with Gasteiger partial charge in [0.05, 0.1) is 17.9 Å². The van der Waals surface area contributed by atoms with Crippen molar-refractivity contribution < 1.29 is 23.5 Å². The number of amides is 2. The lowest BCUT2D eigenvalue weighted by Gasteiger charge is -2.29. The van der Waals surface area contributed by atoms with E-state index in [0.29, 0.717) is 11.4 Å². The van der Waals surface area contributed by atoms with E-state index in [9.17, 15) is 14.0 Å². The van der Waals surface area contributed by atoms with E-state index in [1.807, 2.05) is 16.7 Å². The molecule has 1 aromatic rings. The van der Waals surface area contributed by atoms with E-state index in [0.717, 1.165) is 24.6 Å². The maximum atomic E-state index is 14.5. The Morgan fingerprint density at radius 3 is 2.88 bits per heavy atom. The van der Waals surface area contributed by atoms with Gasteiger partial charge in [0, 0.05) is 31.6 Å². The Balaban J connectivity index is 1.66. The molecule has 0 spiro atoms. The summed E-state index contributed by atoms with van der Waals surface area (Å²) >= 11 is 1.86. The molecule has 2 aliphatic heterocycles. The van der Waals surface area contributed by atoms with E-state index < -0.39 is 18.3 Å². The lowest BCUT2D eigenvalue weighted by atomic mass is 10.2. The molecule has 0 unspecified atom stereocenters. The van der Waals surface area contributed by atoms with Crippen LogP contribution in [0.1, 0.15) is 0 Å². The third-order valence-electron chi connectivity index (χ3n) is 4.07. The molecule has 3 rings (SSSR count). The van der Waals surface area contributed by atoms with Gasteiger partial charge in [-0.3, -0.25) is 4.90 Å². The van der Waals surface area contributed by atoms with Gasteiger partial charge >= 0.3 is 12.2 Å². The molecule has 1 aromatic carbocycles. The third kappa shape index (κ3) is 4.09. The third-order valence-corrected chi connectivity index (χ3v) is 5.02. The first-order valence-corrected chi connectivity index (χ1v) is 9.19. The molecule has 1 N–H and O–H groups in total.